The van der Waals surface area contributed by atoms with Crippen molar-refractivity contribution < 1.29 is 38.4 Å². The summed E-state index contributed by atoms with van der Waals surface area (Å²) in [5.41, 5.74) is 3.41. The summed E-state index contributed by atoms with van der Waals surface area (Å²) in [6, 6.07) is 16.2. The molecular weight excluding hydrogens is 427 g/mol. The fourth-order valence-corrected chi connectivity index (χ4v) is 3.23. The predicted molar refractivity (Wildman–Crippen MR) is 95.2 cm³/mol. The number of aryl methyl sites for hydroxylation is 2. The number of para-hydroxylation sites is 3. The van der Waals surface area contributed by atoms with Gasteiger partial charge in [-0.1, -0.05) is 37.3 Å². The maximum Gasteiger partial charge on any atom is 0.256 e. The van der Waals surface area contributed by atoms with Crippen molar-refractivity contribution in [2.24, 2.45) is 7.05 Å². The number of ether oxygens (including phenoxy) is 1. The van der Waals surface area contributed by atoms with Crippen LogP contribution in [-0.4, -0.2) is 22.4 Å². The van der Waals surface area contributed by atoms with Crippen molar-refractivity contribution in [2.45, 2.75) is 32.9 Å². The molecule has 0 bridgehead atoms. The van der Waals surface area contributed by atoms with Gasteiger partial charge in [0.2, 0.25) is 0 Å². The smallest absolute Gasteiger partial charge is 0.256 e. The summed E-state index contributed by atoms with van der Waals surface area (Å²) in [6.07, 6.45) is 0.349. The average molecular weight is 452 g/mol. The molecule has 3 rings (SSSR count). The highest BCUT2D eigenvalue weighted by molar-refractivity contribution is 5.72. The summed E-state index contributed by atoms with van der Waals surface area (Å²) in [4.78, 5) is 0. The zero-order valence-corrected chi connectivity index (χ0v) is 17.1. The average Bonchev–Trinajstić information content (AvgIpc) is 2.86. The van der Waals surface area contributed by atoms with Gasteiger partial charge in [0, 0.05) is 6.42 Å². The molecule has 0 saturated carbocycles. The molecular formula is C20H25IN2O2. The van der Waals surface area contributed by atoms with E-state index in [2.05, 4.69) is 35.2 Å². The van der Waals surface area contributed by atoms with Gasteiger partial charge >= 0.3 is 0 Å². The van der Waals surface area contributed by atoms with Crippen LogP contribution in [0.15, 0.2) is 48.5 Å². The van der Waals surface area contributed by atoms with E-state index in [9.17, 15) is 5.11 Å². The number of imidazole rings is 1. The first-order chi connectivity index (χ1) is 11.6. The minimum Gasteiger partial charge on any atom is -1.00 e. The van der Waals surface area contributed by atoms with Gasteiger partial charge in [0.25, 0.3) is 5.82 Å². The van der Waals surface area contributed by atoms with E-state index in [1.165, 1.54) is 11.3 Å². The summed E-state index contributed by atoms with van der Waals surface area (Å²) in [5, 5.41) is 10.5. The van der Waals surface area contributed by atoms with E-state index in [0.717, 1.165) is 23.3 Å². The SMILES string of the molecule is CCc1n(CC(O)COc2ccccc2C)c2ccccc2[n+]1C.[I-]. The van der Waals surface area contributed by atoms with E-state index < -0.39 is 6.10 Å². The number of aliphatic hydroxyl groups is 1. The number of hydrogen-bond acceptors (Lipinski definition) is 2. The lowest BCUT2D eigenvalue weighted by atomic mass is 10.2. The van der Waals surface area contributed by atoms with Crippen molar-refractivity contribution >= 4 is 11.0 Å². The molecule has 0 fully saturated rings. The maximum absolute atomic E-state index is 10.5. The zero-order valence-electron chi connectivity index (χ0n) is 14.9. The van der Waals surface area contributed by atoms with Crippen LogP contribution in [-0.2, 0) is 20.0 Å². The quantitative estimate of drug-likeness (QED) is 0.415. The van der Waals surface area contributed by atoms with Gasteiger partial charge < -0.3 is 33.8 Å². The van der Waals surface area contributed by atoms with Crippen molar-refractivity contribution in [1.82, 2.24) is 4.57 Å². The number of nitrogens with zero attached hydrogens (tertiary/aromatic N) is 2. The molecule has 1 N–H and O–H groups in total. The van der Waals surface area contributed by atoms with E-state index in [1.54, 1.807) is 0 Å². The van der Waals surface area contributed by atoms with Crippen molar-refractivity contribution in [3.63, 3.8) is 0 Å². The van der Waals surface area contributed by atoms with Crippen molar-refractivity contribution in [2.75, 3.05) is 6.61 Å². The van der Waals surface area contributed by atoms with Crippen LogP contribution in [0.5, 0.6) is 5.75 Å². The Kier molecular flexibility index (Phi) is 6.84. The first-order valence-electron chi connectivity index (χ1n) is 8.44. The Labute approximate surface area is 166 Å². The molecule has 0 saturated heterocycles. The molecule has 0 radical (unpaired) electrons. The number of rotatable bonds is 6. The molecule has 1 unspecified atom stereocenters. The number of aliphatic hydroxyl groups excluding tert-OH is 1. The molecule has 1 atom stereocenters. The summed E-state index contributed by atoms with van der Waals surface area (Å²) in [7, 11) is 2.08. The molecule has 0 amide bonds. The summed E-state index contributed by atoms with van der Waals surface area (Å²) in [6.45, 7) is 4.96. The number of hydrogen-bond donors (Lipinski definition) is 1. The van der Waals surface area contributed by atoms with E-state index in [0.29, 0.717) is 6.54 Å². The van der Waals surface area contributed by atoms with Gasteiger partial charge in [-0.25, -0.2) is 9.13 Å². The van der Waals surface area contributed by atoms with E-state index in [4.69, 9.17) is 4.74 Å². The van der Waals surface area contributed by atoms with Crippen LogP contribution in [0.25, 0.3) is 11.0 Å². The van der Waals surface area contributed by atoms with Gasteiger partial charge in [0.1, 0.15) is 25.0 Å². The minimum atomic E-state index is -0.564. The molecule has 1 aromatic heterocycles. The number of aromatic nitrogens is 2. The monoisotopic (exact) mass is 452 g/mol. The third kappa shape index (κ3) is 4.15. The normalized spacial score (nSPS) is 12.0. The number of halogens is 1. The fraction of sp³-hybridized carbons (Fsp3) is 0.350. The Morgan fingerprint density at radius 3 is 2.52 bits per heavy atom. The van der Waals surface area contributed by atoms with Gasteiger partial charge in [-0.15, -0.1) is 0 Å². The van der Waals surface area contributed by atoms with Crippen molar-refractivity contribution in [1.29, 1.82) is 0 Å². The van der Waals surface area contributed by atoms with Gasteiger partial charge in [-0.2, -0.15) is 0 Å². The van der Waals surface area contributed by atoms with Crippen LogP contribution in [0.4, 0.5) is 0 Å². The zero-order chi connectivity index (χ0) is 17.1. The lowest BCUT2D eigenvalue weighted by molar-refractivity contribution is -0.653. The topological polar surface area (TPSA) is 38.3 Å². The molecule has 0 aliphatic rings. The van der Waals surface area contributed by atoms with Crippen LogP contribution in [0.1, 0.15) is 18.3 Å². The molecule has 3 aromatic rings. The van der Waals surface area contributed by atoms with Gasteiger partial charge in [-0.3, -0.25) is 0 Å². The van der Waals surface area contributed by atoms with Crippen LogP contribution in [0.2, 0.25) is 0 Å². The van der Waals surface area contributed by atoms with Crippen molar-refractivity contribution in [3.05, 3.63) is 59.9 Å². The molecule has 0 spiro atoms. The van der Waals surface area contributed by atoms with Crippen LogP contribution in [0, 0.1) is 6.92 Å². The molecule has 0 aliphatic carbocycles. The summed E-state index contributed by atoms with van der Waals surface area (Å²) >= 11 is 0. The highest BCUT2D eigenvalue weighted by Crippen LogP contribution is 2.18. The molecule has 4 nitrogen and oxygen atoms in total. The largest absolute Gasteiger partial charge is 1.00 e. The van der Waals surface area contributed by atoms with E-state index in [1.807, 2.05) is 43.3 Å². The Morgan fingerprint density at radius 2 is 1.80 bits per heavy atom. The molecule has 5 heteroatoms. The maximum atomic E-state index is 10.5. The minimum absolute atomic E-state index is 0. The van der Waals surface area contributed by atoms with Gasteiger partial charge in [0.15, 0.2) is 11.0 Å². The Balaban J connectivity index is 0.00000225. The Bertz CT molecular complexity index is 845. The summed E-state index contributed by atoms with van der Waals surface area (Å²) < 4.78 is 10.2. The van der Waals surface area contributed by atoms with Crippen LogP contribution < -0.4 is 33.3 Å². The lowest BCUT2D eigenvalue weighted by Gasteiger charge is -2.13. The van der Waals surface area contributed by atoms with Crippen LogP contribution >= 0.6 is 0 Å². The molecule has 134 valence electrons. The second-order valence-corrected chi connectivity index (χ2v) is 6.16. The van der Waals surface area contributed by atoms with Crippen molar-refractivity contribution in [3.8, 4) is 5.75 Å². The molecule has 2 aromatic carbocycles. The Hall–Kier alpha value is -1.60. The second kappa shape index (κ2) is 8.67. The third-order valence-electron chi connectivity index (χ3n) is 4.47. The molecule has 0 aliphatic heterocycles. The highest BCUT2D eigenvalue weighted by atomic mass is 127. The highest BCUT2D eigenvalue weighted by Gasteiger charge is 2.23. The first kappa shape index (κ1) is 19.7. The first-order valence-corrected chi connectivity index (χ1v) is 8.44. The second-order valence-electron chi connectivity index (χ2n) is 6.16. The Morgan fingerprint density at radius 1 is 1.12 bits per heavy atom. The van der Waals surface area contributed by atoms with Gasteiger partial charge in [0.05, 0.1) is 7.05 Å². The third-order valence-corrected chi connectivity index (χ3v) is 4.47. The van der Waals surface area contributed by atoms with E-state index in [-0.39, 0.29) is 30.6 Å². The van der Waals surface area contributed by atoms with E-state index >= 15 is 0 Å². The molecule has 25 heavy (non-hydrogen) atoms. The fourth-order valence-electron chi connectivity index (χ4n) is 3.23. The number of fused-ring (bicyclic) bond motifs is 1. The standard InChI is InChI=1S/C20H25N2O2.HI/c1-4-20-21(3)17-10-6-7-11-18(17)22(20)13-16(23)14-24-19-12-8-5-9-15(19)2;/h5-12,16,23H,4,13-14H2,1-3H3;1H/q+1;/p-1. The molecule has 1 heterocycles. The number of benzene rings is 2. The predicted octanol–water partition coefficient (Wildman–Crippen LogP) is -0.219. The lowest BCUT2D eigenvalue weighted by Crippen LogP contribution is -3.00. The van der Waals surface area contributed by atoms with Crippen LogP contribution in [0.3, 0.4) is 0 Å². The summed E-state index contributed by atoms with van der Waals surface area (Å²) in [5.74, 6) is 2.03. The van der Waals surface area contributed by atoms with Gasteiger partial charge in [-0.05, 0) is 30.7 Å².